The predicted molar refractivity (Wildman–Crippen MR) is 137 cm³/mol. The Balaban J connectivity index is 1.70. The summed E-state index contributed by atoms with van der Waals surface area (Å²) in [4.78, 5) is 33.2. The van der Waals surface area contributed by atoms with E-state index < -0.39 is 29.0 Å². The van der Waals surface area contributed by atoms with Crippen LogP contribution in [0.25, 0.3) is 11.1 Å². The molecule has 12 heteroatoms. The third kappa shape index (κ3) is 7.62. The lowest BCUT2D eigenvalue weighted by atomic mass is 10.1. The highest BCUT2D eigenvalue weighted by atomic mass is 19.1. The van der Waals surface area contributed by atoms with E-state index in [-0.39, 0.29) is 22.8 Å². The molecule has 37 heavy (non-hydrogen) atoms. The van der Waals surface area contributed by atoms with Crippen LogP contribution in [0.5, 0.6) is 0 Å². The molecule has 0 fully saturated rings. The molecule has 3 rings (SSSR count). The number of nitrogens with two attached hydrogens (primary N) is 2. The van der Waals surface area contributed by atoms with Crippen LogP contribution in [-0.2, 0) is 6.54 Å². The number of hydrogen-bond acceptors (Lipinski definition) is 6. The summed E-state index contributed by atoms with van der Waals surface area (Å²) < 4.78 is 42.5. The molecule has 0 saturated heterocycles. The van der Waals surface area contributed by atoms with Crippen LogP contribution in [0.3, 0.4) is 0 Å². The Labute approximate surface area is 212 Å². The van der Waals surface area contributed by atoms with Crippen molar-refractivity contribution in [1.82, 2.24) is 14.9 Å². The molecule has 1 heterocycles. The Bertz CT molecular complexity index is 1290. The van der Waals surface area contributed by atoms with E-state index in [9.17, 15) is 22.8 Å². The summed E-state index contributed by atoms with van der Waals surface area (Å²) in [6, 6.07) is 5.32. The van der Waals surface area contributed by atoms with Gasteiger partial charge in [0.1, 0.15) is 17.5 Å². The van der Waals surface area contributed by atoms with Gasteiger partial charge in [-0.05, 0) is 69.2 Å². The summed E-state index contributed by atoms with van der Waals surface area (Å²) >= 11 is 0. The number of anilines is 2. The van der Waals surface area contributed by atoms with Crippen LogP contribution in [0, 0.1) is 24.4 Å². The second kappa shape index (κ2) is 13.0. The van der Waals surface area contributed by atoms with Crippen molar-refractivity contribution in [2.24, 2.45) is 11.5 Å². The number of aryl methyl sites for hydroxylation is 1. The molecule has 9 nitrogen and oxygen atoms in total. The SMILES string of the molecule is Cc1cc(F)c(NC(=O)Nc2nc(=O)c(-c3ccc(CN(CCCN)CCCN)c(F)c3)c[nH]2)cc1F. The van der Waals surface area contributed by atoms with E-state index in [0.29, 0.717) is 30.8 Å². The van der Waals surface area contributed by atoms with Crippen molar-refractivity contribution in [3.63, 3.8) is 0 Å². The maximum Gasteiger partial charge on any atom is 0.326 e. The van der Waals surface area contributed by atoms with Gasteiger partial charge in [-0.3, -0.25) is 15.0 Å². The number of H-pyrrole nitrogens is 1. The molecule has 0 bridgehead atoms. The van der Waals surface area contributed by atoms with Crippen LogP contribution < -0.4 is 27.7 Å². The van der Waals surface area contributed by atoms with Crippen molar-refractivity contribution in [2.45, 2.75) is 26.3 Å². The quantitative estimate of drug-likeness (QED) is 0.264. The Hall–Kier alpha value is -3.74. The number of rotatable bonds is 11. The van der Waals surface area contributed by atoms with Crippen LogP contribution in [0.4, 0.5) is 29.6 Å². The van der Waals surface area contributed by atoms with Crippen molar-refractivity contribution in [3.8, 4) is 11.1 Å². The molecule has 0 atom stereocenters. The van der Waals surface area contributed by atoms with Gasteiger partial charge in [0, 0.05) is 24.4 Å². The van der Waals surface area contributed by atoms with Gasteiger partial charge in [0.15, 0.2) is 0 Å². The summed E-state index contributed by atoms with van der Waals surface area (Å²) in [5.41, 5.74) is 11.0. The van der Waals surface area contributed by atoms with Gasteiger partial charge in [-0.1, -0.05) is 12.1 Å². The molecule has 0 spiro atoms. The zero-order chi connectivity index (χ0) is 26.9. The average molecular weight is 518 g/mol. The number of benzene rings is 2. The fourth-order valence-corrected chi connectivity index (χ4v) is 3.65. The molecule has 0 aliphatic rings. The van der Waals surface area contributed by atoms with E-state index >= 15 is 0 Å². The number of nitrogens with one attached hydrogen (secondary N) is 3. The fraction of sp³-hybridized carbons (Fsp3) is 0.320. The summed E-state index contributed by atoms with van der Waals surface area (Å²) in [6.07, 6.45) is 2.83. The minimum absolute atomic E-state index is 0.0880. The van der Waals surface area contributed by atoms with Crippen molar-refractivity contribution in [3.05, 3.63) is 75.5 Å². The number of carbonyl (C=O) groups is 1. The highest BCUT2D eigenvalue weighted by Gasteiger charge is 2.15. The zero-order valence-corrected chi connectivity index (χ0v) is 20.4. The summed E-state index contributed by atoms with van der Waals surface area (Å²) in [7, 11) is 0. The number of urea groups is 1. The summed E-state index contributed by atoms with van der Waals surface area (Å²) in [5, 5.41) is 4.40. The van der Waals surface area contributed by atoms with E-state index in [1.807, 2.05) is 0 Å². The van der Waals surface area contributed by atoms with Crippen LogP contribution in [0.2, 0.25) is 0 Å². The topological polar surface area (TPSA) is 142 Å². The van der Waals surface area contributed by atoms with Gasteiger partial charge in [-0.25, -0.2) is 18.0 Å². The third-order valence-corrected chi connectivity index (χ3v) is 5.64. The number of nitrogens with zero attached hydrogens (tertiary/aromatic N) is 2. The highest BCUT2D eigenvalue weighted by Crippen LogP contribution is 2.21. The lowest BCUT2D eigenvalue weighted by Crippen LogP contribution is -2.28. The molecular weight excluding hydrogens is 487 g/mol. The summed E-state index contributed by atoms with van der Waals surface area (Å²) in [5.74, 6) is -2.22. The van der Waals surface area contributed by atoms with E-state index in [4.69, 9.17) is 11.5 Å². The molecule has 2 aromatic carbocycles. The first kappa shape index (κ1) is 27.8. The highest BCUT2D eigenvalue weighted by molar-refractivity contribution is 5.98. The standard InChI is InChI=1S/C25H30F3N7O2/c1-15-10-21(28)22(12-19(15)26)32-25(37)34-24-31-13-18(23(36)33-24)16-4-5-17(20(27)11-16)14-35(8-2-6-29)9-3-7-30/h4-5,10-13H,2-3,6-9,14,29-30H2,1H3,(H3,31,32,33,34,36,37). The maximum atomic E-state index is 14.9. The number of amides is 2. The first-order valence-electron chi connectivity index (χ1n) is 11.8. The number of hydrogen-bond donors (Lipinski definition) is 5. The van der Waals surface area contributed by atoms with E-state index in [0.717, 1.165) is 38.1 Å². The minimum atomic E-state index is -0.942. The second-order valence-corrected chi connectivity index (χ2v) is 8.50. The van der Waals surface area contributed by atoms with Crippen LogP contribution >= 0.6 is 0 Å². The number of halogens is 3. The maximum absolute atomic E-state index is 14.9. The minimum Gasteiger partial charge on any atom is -0.331 e. The van der Waals surface area contributed by atoms with Crippen LogP contribution in [0.1, 0.15) is 24.0 Å². The molecule has 0 aliphatic heterocycles. The molecule has 0 unspecified atom stereocenters. The molecule has 0 saturated carbocycles. The zero-order valence-electron chi connectivity index (χ0n) is 20.4. The molecule has 0 aliphatic carbocycles. The van der Waals surface area contributed by atoms with Gasteiger partial charge in [-0.15, -0.1) is 0 Å². The van der Waals surface area contributed by atoms with Gasteiger partial charge in [0.2, 0.25) is 5.95 Å². The Morgan fingerprint density at radius 3 is 2.32 bits per heavy atom. The summed E-state index contributed by atoms with van der Waals surface area (Å²) in [6.45, 7) is 4.27. The van der Waals surface area contributed by atoms with E-state index in [1.165, 1.54) is 19.2 Å². The Morgan fingerprint density at radius 2 is 1.70 bits per heavy atom. The number of carbonyl (C=O) groups excluding carboxylic acids is 1. The smallest absolute Gasteiger partial charge is 0.326 e. The van der Waals surface area contributed by atoms with Crippen molar-refractivity contribution >= 4 is 17.7 Å². The normalized spacial score (nSPS) is 11.1. The van der Waals surface area contributed by atoms with Crippen LogP contribution in [0.15, 0.2) is 41.3 Å². The van der Waals surface area contributed by atoms with E-state index in [2.05, 4.69) is 25.5 Å². The number of aromatic nitrogens is 2. The molecule has 198 valence electrons. The third-order valence-electron chi connectivity index (χ3n) is 5.64. The predicted octanol–water partition coefficient (Wildman–Crippen LogP) is 3.31. The first-order valence-corrected chi connectivity index (χ1v) is 11.8. The van der Waals surface area contributed by atoms with Crippen LogP contribution in [-0.4, -0.2) is 47.1 Å². The Morgan fingerprint density at radius 1 is 1.00 bits per heavy atom. The van der Waals surface area contributed by atoms with Crippen molar-refractivity contribution in [2.75, 3.05) is 36.8 Å². The van der Waals surface area contributed by atoms with Gasteiger partial charge in [0.25, 0.3) is 5.56 Å². The molecule has 2 amide bonds. The molecule has 0 radical (unpaired) electrons. The van der Waals surface area contributed by atoms with Crippen molar-refractivity contribution < 1.29 is 18.0 Å². The van der Waals surface area contributed by atoms with E-state index in [1.54, 1.807) is 12.1 Å². The van der Waals surface area contributed by atoms with Gasteiger partial charge in [-0.2, -0.15) is 4.98 Å². The first-order chi connectivity index (χ1) is 17.7. The Kier molecular flexibility index (Phi) is 9.78. The fourth-order valence-electron chi connectivity index (χ4n) is 3.65. The number of aromatic amines is 1. The molecule has 3 aromatic rings. The lowest BCUT2D eigenvalue weighted by Gasteiger charge is -2.22. The second-order valence-electron chi connectivity index (χ2n) is 8.50. The molecule has 7 N–H and O–H groups in total. The van der Waals surface area contributed by atoms with Gasteiger partial charge >= 0.3 is 6.03 Å². The molecular formula is C25H30F3N7O2. The average Bonchev–Trinajstić information content (AvgIpc) is 2.85. The van der Waals surface area contributed by atoms with Gasteiger partial charge in [0.05, 0.1) is 11.3 Å². The molecule has 1 aromatic heterocycles. The van der Waals surface area contributed by atoms with Crippen molar-refractivity contribution in [1.29, 1.82) is 0 Å². The van der Waals surface area contributed by atoms with Gasteiger partial charge < -0.3 is 21.8 Å². The largest absolute Gasteiger partial charge is 0.331 e. The lowest BCUT2D eigenvalue weighted by molar-refractivity contribution is 0.258. The monoisotopic (exact) mass is 517 g/mol.